The molecule has 3 aromatic rings. The Labute approximate surface area is 162 Å². The second-order valence-electron chi connectivity index (χ2n) is 7.21. The van der Waals surface area contributed by atoms with Crippen LogP contribution in [0.5, 0.6) is 5.88 Å². The van der Waals surface area contributed by atoms with Gasteiger partial charge in [-0.1, -0.05) is 17.7 Å². The molecule has 0 aromatic carbocycles. The van der Waals surface area contributed by atoms with Gasteiger partial charge in [0.1, 0.15) is 22.9 Å². The minimum atomic E-state index is 0.208. The standard InChI is InChI=1S/C19H21ClN6O/c20-15-12-22-19-25(15)11-3-4-16-23-24-18(26(16)19)13-6-8-14(9-7-13)27-17-5-1-2-10-21-17/h1-2,5,10,12-14H,3-4,6-9,11H2. The van der Waals surface area contributed by atoms with Gasteiger partial charge in [0.05, 0.1) is 6.20 Å². The van der Waals surface area contributed by atoms with Crippen molar-refractivity contribution < 1.29 is 4.74 Å². The number of aromatic nitrogens is 6. The van der Waals surface area contributed by atoms with Crippen LogP contribution in [-0.4, -0.2) is 35.4 Å². The number of hydrogen-bond donors (Lipinski definition) is 0. The maximum absolute atomic E-state index is 6.32. The molecule has 0 atom stereocenters. The molecule has 8 heteroatoms. The smallest absolute Gasteiger partial charge is 0.217 e. The van der Waals surface area contributed by atoms with Crippen molar-refractivity contribution in [1.82, 2.24) is 29.3 Å². The molecule has 27 heavy (non-hydrogen) atoms. The highest BCUT2D eigenvalue weighted by molar-refractivity contribution is 6.29. The number of nitrogens with zero attached hydrogens (tertiary/aromatic N) is 6. The molecular formula is C19H21ClN6O. The van der Waals surface area contributed by atoms with E-state index in [-0.39, 0.29) is 6.10 Å². The van der Waals surface area contributed by atoms with Crippen molar-refractivity contribution in [2.75, 3.05) is 0 Å². The molecule has 2 aliphatic rings. The maximum atomic E-state index is 6.32. The van der Waals surface area contributed by atoms with E-state index in [9.17, 15) is 0 Å². The Bertz CT molecular complexity index is 929. The zero-order valence-corrected chi connectivity index (χ0v) is 15.7. The first-order valence-corrected chi connectivity index (χ1v) is 9.90. The van der Waals surface area contributed by atoms with Crippen molar-refractivity contribution in [3.8, 4) is 11.8 Å². The monoisotopic (exact) mass is 384 g/mol. The Morgan fingerprint density at radius 1 is 1.07 bits per heavy atom. The normalized spacial score (nSPS) is 22.0. The van der Waals surface area contributed by atoms with Gasteiger partial charge < -0.3 is 9.30 Å². The van der Waals surface area contributed by atoms with Crippen molar-refractivity contribution in [2.24, 2.45) is 0 Å². The van der Waals surface area contributed by atoms with Crippen molar-refractivity contribution in [2.45, 2.75) is 57.1 Å². The van der Waals surface area contributed by atoms with E-state index in [1.807, 2.05) is 18.2 Å². The van der Waals surface area contributed by atoms with Crippen LogP contribution in [-0.2, 0) is 13.0 Å². The summed E-state index contributed by atoms with van der Waals surface area (Å²) in [7, 11) is 0. The van der Waals surface area contributed by atoms with Crippen LogP contribution in [0.4, 0.5) is 0 Å². The third-order valence-electron chi connectivity index (χ3n) is 5.49. The first-order chi connectivity index (χ1) is 13.3. The van der Waals surface area contributed by atoms with Crippen LogP contribution in [0.3, 0.4) is 0 Å². The van der Waals surface area contributed by atoms with Crippen LogP contribution in [0.25, 0.3) is 5.95 Å². The van der Waals surface area contributed by atoms with Crippen molar-refractivity contribution >= 4 is 11.6 Å². The van der Waals surface area contributed by atoms with Crippen LogP contribution in [0.1, 0.15) is 49.7 Å². The summed E-state index contributed by atoms with van der Waals surface area (Å²) in [6.07, 6.45) is 9.58. The Hall–Kier alpha value is -2.41. The third-order valence-corrected chi connectivity index (χ3v) is 5.79. The number of hydrogen-bond acceptors (Lipinski definition) is 5. The van der Waals surface area contributed by atoms with Gasteiger partial charge in [0.25, 0.3) is 0 Å². The van der Waals surface area contributed by atoms with Crippen LogP contribution >= 0.6 is 11.6 Å². The predicted molar refractivity (Wildman–Crippen MR) is 100 cm³/mol. The molecule has 4 heterocycles. The maximum Gasteiger partial charge on any atom is 0.217 e. The van der Waals surface area contributed by atoms with Gasteiger partial charge in [-0.15, -0.1) is 10.2 Å². The van der Waals surface area contributed by atoms with E-state index in [1.165, 1.54) is 0 Å². The average Bonchev–Trinajstić information content (AvgIpc) is 3.22. The fraction of sp³-hybridized carbons (Fsp3) is 0.474. The SMILES string of the molecule is Clc1cnc2n1CCCc1nnc(C3CCC(Oc4ccccn4)CC3)n1-2. The fourth-order valence-electron chi connectivity index (χ4n) is 4.13. The van der Waals surface area contributed by atoms with E-state index in [1.54, 1.807) is 12.4 Å². The molecule has 0 amide bonds. The topological polar surface area (TPSA) is 70.7 Å². The van der Waals surface area contributed by atoms with Gasteiger partial charge in [0, 0.05) is 31.1 Å². The molecule has 0 radical (unpaired) electrons. The highest BCUT2D eigenvalue weighted by atomic mass is 35.5. The van der Waals surface area contributed by atoms with Crippen molar-refractivity contribution in [3.63, 3.8) is 0 Å². The van der Waals surface area contributed by atoms with Gasteiger partial charge in [0.15, 0.2) is 0 Å². The molecule has 7 nitrogen and oxygen atoms in total. The Balaban J connectivity index is 1.35. The minimum Gasteiger partial charge on any atom is -0.474 e. The number of halogens is 1. The Morgan fingerprint density at radius 2 is 1.96 bits per heavy atom. The Morgan fingerprint density at radius 3 is 2.78 bits per heavy atom. The largest absolute Gasteiger partial charge is 0.474 e. The van der Waals surface area contributed by atoms with Gasteiger partial charge in [0.2, 0.25) is 11.8 Å². The van der Waals surface area contributed by atoms with Crippen molar-refractivity contribution in [3.05, 3.63) is 47.4 Å². The van der Waals surface area contributed by atoms with Gasteiger partial charge >= 0.3 is 0 Å². The summed E-state index contributed by atoms with van der Waals surface area (Å²) in [5.41, 5.74) is 0. The minimum absolute atomic E-state index is 0.208. The number of ether oxygens (including phenoxy) is 1. The Kier molecular flexibility index (Phi) is 4.32. The van der Waals surface area contributed by atoms with Crippen LogP contribution in [0.15, 0.2) is 30.6 Å². The first kappa shape index (κ1) is 16.7. The fourth-order valence-corrected chi connectivity index (χ4v) is 4.34. The first-order valence-electron chi connectivity index (χ1n) is 9.53. The molecule has 0 saturated heterocycles. The summed E-state index contributed by atoms with van der Waals surface area (Å²) >= 11 is 6.32. The van der Waals surface area contributed by atoms with Gasteiger partial charge in [-0.05, 0) is 38.2 Å². The summed E-state index contributed by atoms with van der Waals surface area (Å²) in [5, 5.41) is 9.68. The van der Waals surface area contributed by atoms with E-state index in [4.69, 9.17) is 16.3 Å². The quantitative estimate of drug-likeness (QED) is 0.690. The number of rotatable bonds is 3. The summed E-state index contributed by atoms with van der Waals surface area (Å²) in [6, 6.07) is 5.76. The van der Waals surface area contributed by atoms with Gasteiger partial charge in [-0.25, -0.2) is 9.97 Å². The van der Waals surface area contributed by atoms with Gasteiger partial charge in [-0.2, -0.15) is 0 Å². The van der Waals surface area contributed by atoms with Crippen LogP contribution in [0.2, 0.25) is 5.15 Å². The number of imidazole rings is 1. The highest BCUT2D eigenvalue weighted by Crippen LogP contribution is 2.35. The molecule has 0 unspecified atom stereocenters. The zero-order valence-electron chi connectivity index (χ0n) is 15.0. The van der Waals surface area contributed by atoms with E-state index >= 15 is 0 Å². The lowest BCUT2D eigenvalue weighted by atomic mass is 9.86. The third kappa shape index (κ3) is 3.10. The molecule has 1 aliphatic carbocycles. The molecule has 140 valence electrons. The van der Waals surface area contributed by atoms with E-state index < -0.39 is 0 Å². The lowest BCUT2D eigenvalue weighted by Gasteiger charge is -2.28. The molecule has 0 N–H and O–H groups in total. The second-order valence-corrected chi connectivity index (χ2v) is 7.59. The summed E-state index contributed by atoms with van der Waals surface area (Å²) < 4.78 is 10.2. The predicted octanol–water partition coefficient (Wildman–Crippen LogP) is 3.56. The summed E-state index contributed by atoms with van der Waals surface area (Å²) in [6.45, 7) is 0.863. The molecule has 0 bridgehead atoms. The average molecular weight is 385 g/mol. The van der Waals surface area contributed by atoms with Gasteiger partial charge in [-0.3, -0.25) is 4.57 Å². The lowest BCUT2D eigenvalue weighted by Crippen LogP contribution is -2.25. The van der Waals surface area contributed by atoms with E-state index in [2.05, 4.69) is 29.3 Å². The zero-order chi connectivity index (χ0) is 18.2. The van der Waals surface area contributed by atoms with Crippen LogP contribution in [0, 0.1) is 0 Å². The lowest BCUT2D eigenvalue weighted by molar-refractivity contribution is 0.139. The molecule has 1 aliphatic heterocycles. The van der Waals surface area contributed by atoms with E-state index in [0.717, 1.165) is 62.7 Å². The molecule has 5 rings (SSSR count). The molecule has 0 spiro atoms. The summed E-state index contributed by atoms with van der Waals surface area (Å²) in [5.74, 6) is 3.90. The number of fused-ring (bicyclic) bond motifs is 3. The second kappa shape index (κ2) is 6.96. The summed E-state index contributed by atoms with van der Waals surface area (Å²) in [4.78, 5) is 8.80. The molecule has 1 fully saturated rings. The molecule has 1 saturated carbocycles. The van der Waals surface area contributed by atoms with E-state index in [0.29, 0.717) is 17.0 Å². The van der Waals surface area contributed by atoms with Crippen LogP contribution < -0.4 is 4.74 Å². The van der Waals surface area contributed by atoms with Crippen molar-refractivity contribution in [1.29, 1.82) is 0 Å². The molecule has 3 aromatic heterocycles. The highest BCUT2D eigenvalue weighted by Gasteiger charge is 2.31. The molecular weight excluding hydrogens is 364 g/mol. The number of pyridine rings is 1. The number of aryl methyl sites for hydroxylation is 1.